The molecule has 29 heavy (non-hydrogen) atoms. The Morgan fingerprint density at radius 2 is 2.07 bits per heavy atom. The molecule has 1 aromatic carbocycles. The molecule has 0 aliphatic heterocycles. The lowest BCUT2D eigenvalue weighted by atomic mass is 10.2. The average Bonchev–Trinajstić information content (AvgIpc) is 3.37. The van der Waals surface area contributed by atoms with E-state index in [-0.39, 0.29) is 18.7 Å². The molecule has 10 heteroatoms. The lowest BCUT2D eigenvalue weighted by Crippen LogP contribution is -2.25. The fraction of sp³-hybridized carbons (Fsp3) is 0.263. The van der Waals surface area contributed by atoms with Gasteiger partial charge in [0.15, 0.2) is 12.4 Å². The summed E-state index contributed by atoms with van der Waals surface area (Å²) in [6.07, 6.45) is 2.23. The van der Waals surface area contributed by atoms with Crippen LogP contribution in [-0.2, 0) is 29.2 Å². The normalized spacial score (nSPS) is 11.1. The van der Waals surface area contributed by atoms with Crippen molar-refractivity contribution in [1.29, 1.82) is 0 Å². The lowest BCUT2D eigenvalue weighted by Gasteiger charge is -2.06. The molecule has 4 rings (SSSR count). The second-order valence-electron chi connectivity index (χ2n) is 6.35. The first kappa shape index (κ1) is 18.9. The number of aryl methyl sites for hydroxylation is 1. The minimum atomic E-state index is -0.558. The Hall–Kier alpha value is -3.40. The molecule has 0 atom stereocenters. The Balaban J connectivity index is 1.49. The molecule has 0 aliphatic rings. The van der Waals surface area contributed by atoms with Gasteiger partial charge in [-0.3, -0.25) is 14.2 Å². The zero-order valence-electron chi connectivity index (χ0n) is 15.7. The molecule has 0 aliphatic carbocycles. The van der Waals surface area contributed by atoms with Gasteiger partial charge >= 0.3 is 5.97 Å². The highest BCUT2D eigenvalue weighted by molar-refractivity contribution is 7.21. The maximum atomic E-state index is 12.8. The molecule has 3 aromatic heterocycles. The average molecular weight is 410 g/mol. The highest BCUT2D eigenvalue weighted by Crippen LogP contribution is 2.30. The summed E-state index contributed by atoms with van der Waals surface area (Å²) < 4.78 is 8.07. The second kappa shape index (κ2) is 8.31. The van der Waals surface area contributed by atoms with E-state index >= 15 is 0 Å². The first-order valence-electron chi connectivity index (χ1n) is 9.10. The molecular formula is C19H18N6O3S. The van der Waals surface area contributed by atoms with E-state index < -0.39 is 5.97 Å². The number of thiophene rings is 1. The highest BCUT2D eigenvalue weighted by Gasteiger charge is 2.14. The first-order valence-corrected chi connectivity index (χ1v) is 9.92. The van der Waals surface area contributed by atoms with Crippen molar-refractivity contribution in [2.45, 2.75) is 33.0 Å². The van der Waals surface area contributed by atoms with Crippen LogP contribution < -0.4 is 5.56 Å². The Morgan fingerprint density at radius 3 is 2.86 bits per heavy atom. The van der Waals surface area contributed by atoms with Gasteiger partial charge in [-0.25, -0.2) is 9.67 Å². The largest absolute Gasteiger partial charge is 0.456 e. The SMILES string of the molecule is CCCn1nnnc1COC(=O)Cn1cnc2sc(-c3ccccc3)cc2c1=O. The number of hydrogen-bond acceptors (Lipinski definition) is 8. The van der Waals surface area contributed by atoms with Crippen LogP contribution in [-0.4, -0.2) is 35.7 Å². The Kier molecular flexibility index (Phi) is 5.43. The topological polar surface area (TPSA) is 105 Å². The molecule has 0 radical (unpaired) electrons. The van der Waals surface area contributed by atoms with Crippen LogP contribution in [0.1, 0.15) is 19.2 Å². The van der Waals surface area contributed by atoms with Gasteiger partial charge in [0, 0.05) is 11.4 Å². The van der Waals surface area contributed by atoms with Gasteiger partial charge in [0.25, 0.3) is 5.56 Å². The molecule has 4 aromatic rings. The number of nitrogens with zero attached hydrogens (tertiary/aromatic N) is 6. The molecule has 3 heterocycles. The van der Waals surface area contributed by atoms with Crippen LogP contribution >= 0.6 is 11.3 Å². The van der Waals surface area contributed by atoms with Crippen LogP contribution in [0, 0.1) is 0 Å². The van der Waals surface area contributed by atoms with Crippen molar-refractivity contribution in [3.63, 3.8) is 0 Å². The predicted molar refractivity (Wildman–Crippen MR) is 107 cm³/mol. The van der Waals surface area contributed by atoms with Gasteiger partial charge in [-0.2, -0.15) is 0 Å². The summed E-state index contributed by atoms with van der Waals surface area (Å²) in [7, 11) is 0. The van der Waals surface area contributed by atoms with Crippen LogP contribution in [0.25, 0.3) is 20.7 Å². The molecule has 0 unspecified atom stereocenters. The molecule has 0 saturated carbocycles. The molecular weight excluding hydrogens is 392 g/mol. The second-order valence-corrected chi connectivity index (χ2v) is 7.38. The molecule has 0 saturated heterocycles. The maximum Gasteiger partial charge on any atom is 0.326 e. The number of rotatable bonds is 7. The summed E-state index contributed by atoms with van der Waals surface area (Å²) in [6, 6.07) is 11.6. The highest BCUT2D eigenvalue weighted by atomic mass is 32.1. The van der Waals surface area contributed by atoms with Crippen LogP contribution in [0.5, 0.6) is 0 Å². The summed E-state index contributed by atoms with van der Waals surface area (Å²) in [5.41, 5.74) is 0.742. The molecule has 0 N–H and O–H groups in total. The van der Waals surface area contributed by atoms with Gasteiger partial charge < -0.3 is 4.74 Å². The monoisotopic (exact) mass is 410 g/mol. The van der Waals surface area contributed by atoms with Gasteiger partial charge in [-0.1, -0.05) is 37.3 Å². The van der Waals surface area contributed by atoms with Gasteiger partial charge in [0.2, 0.25) is 0 Å². The van der Waals surface area contributed by atoms with Crippen molar-refractivity contribution in [2.24, 2.45) is 0 Å². The zero-order valence-corrected chi connectivity index (χ0v) is 16.5. The maximum absolute atomic E-state index is 12.8. The number of esters is 1. The molecule has 0 bridgehead atoms. The lowest BCUT2D eigenvalue weighted by molar-refractivity contribution is -0.146. The fourth-order valence-electron chi connectivity index (χ4n) is 2.86. The number of carbonyl (C=O) groups excluding carboxylic acids is 1. The van der Waals surface area contributed by atoms with Crippen molar-refractivity contribution in [3.05, 3.63) is 58.9 Å². The van der Waals surface area contributed by atoms with Gasteiger partial charge in [0.05, 0.1) is 11.7 Å². The van der Waals surface area contributed by atoms with Crippen LogP contribution in [0.3, 0.4) is 0 Å². The van der Waals surface area contributed by atoms with E-state index in [1.807, 2.05) is 43.3 Å². The van der Waals surface area contributed by atoms with Crippen LogP contribution in [0.15, 0.2) is 47.5 Å². The summed E-state index contributed by atoms with van der Waals surface area (Å²) >= 11 is 1.44. The minimum Gasteiger partial charge on any atom is -0.456 e. The van der Waals surface area contributed by atoms with E-state index in [4.69, 9.17) is 4.74 Å². The van der Waals surface area contributed by atoms with E-state index in [1.165, 1.54) is 22.2 Å². The minimum absolute atomic E-state index is 0.0487. The molecule has 148 valence electrons. The molecule has 0 fully saturated rings. The first-order chi connectivity index (χ1) is 14.2. The quantitative estimate of drug-likeness (QED) is 0.430. The van der Waals surface area contributed by atoms with E-state index in [0.29, 0.717) is 22.6 Å². The summed E-state index contributed by atoms with van der Waals surface area (Å²) in [5.74, 6) is -0.0933. The van der Waals surface area contributed by atoms with Crippen molar-refractivity contribution >= 4 is 27.5 Å². The van der Waals surface area contributed by atoms with Gasteiger partial charge in [0.1, 0.15) is 11.4 Å². The van der Waals surface area contributed by atoms with Gasteiger partial charge in [-0.15, -0.1) is 16.4 Å². The van der Waals surface area contributed by atoms with Crippen LogP contribution in [0.2, 0.25) is 0 Å². The van der Waals surface area contributed by atoms with E-state index in [0.717, 1.165) is 16.9 Å². The van der Waals surface area contributed by atoms with Crippen molar-refractivity contribution in [1.82, 2.24) is 29.8 Å². The Morgan fingerprint density at radius 1 is 1.24 bits per heavy atom. The van der Waals surface area contributed by atoms with E-state index in [9.17, 15) is 9.59 Å². The third-order valence-electron chi connectivity index (χ3n) is 4.28. The van der Waals surface area contributed by atoms with Crippen molar-refractivity contribution in [2.75, 3.05) is 0 Å². The Labute approximate surface area is 169 Å². The van der Waals surface area contributed by atoms with Crippen molar-refractivity contribution in [3.8, 4) is 10.4 Å². The van der Waals surface area contributed by atoms with Crippen molar-refractivity contribution < 1.29 is 9.53 Å². The third-order valence-corrected chi connectivity index (χ3v) is 5.37. The van der Waals surface area contributed by atoms with E-state index in [2.05, 4.69) is 20.5 Å². The summed E-state index contributed by atoms with van der Waals surface area (Å²) in [5, 5.41) is 11.8. The number of fused-ring (bicyclic) bond motifs is 1. The number of hydrogen-bond donors (Lipinski definition) is 0. The smallest absolute Gasteiger partial charge is 0.326 e. The van der Waals surface area contributed by atoms with Gasteiger partial charge in [-0.05, 0) is 28.5 Å². The molecule has 9 nitrogen and oxygen atoms in total. The summed E-state index contributed by atoms with van der Waals surface area (Å²) in [6.45, 7) is 2.36. The third kappa shape index (κ3) is 4.06. The predicted octanol–water partition coefficient (Wildman–Crippen LogP) is 2.26. The van der Waals surface area contributed by atoms with Crippen LogP contribution in [0.4, 0.5) is 0 Å². The Bertz CT molecular complexity index is 1200. The molecule has 0 amide bonds. The number of aromatic nitrogens is 6. The number of ether oxygens (including phenoxy) is 1. The standard InChI is InChI=1S/C19H18N6O3S/c1-2-8-25-16(21-22-23-25)11-28-17(26)10-24-12-20-18-14(19(24)27)9-15(29-18)13-6-4-3-5-7-13/h3-7,9,12H,2,8,10-11H2,1H3. The van der Waals surface area contributed by atoms with E-state index in [1.54, 1.807) is 4.68 Å². The molecule has 0 spiro atoms. The number of carbonyl (C=O) groups is 1. The summed E-state index contributed by atoms with van der Waals surface area (Å²) in [4.78, 5) is 30.9. The number of tetrazole rings is 1. The number of benzene rings is 1. The fourth-order valence-corrected chi connectivity index (χ4v) is 3.85. The zero-order chi connectivity index (χ0) is 20.2.